The number of halogens is 2. The molecule has 132 valence electrons. The molecule has 1 saturated heterocycles. The van der Waals surface area contributed by atoms with E-state index in [4.69, 9.17) is 23.2 Å². The van der Waals surface area contributed by atoms with Crippen molar-refractivity contribution in [2.45, 2.75) is 18.9 Å². The van der Waals surface area contributed by atoms with Crippen molar-refractivity contribution in [1.29, 1.82) is 0 Å². The van der Waals surface area contributed by atoms with Crippen molar-refractivity contribution in [2.24, 2.45) is 13.0 Å². The van der Waals surface area contributed by atoms with Gasteiger partial charge in [-0.25, -0.2) is 0 Å². The van der Waals surface area contributed by atoms with Gasteiger partial charge in [0, 0.05) is 45.3 Å². The number of carbonyl (C=O) groups excluding carboxylic acids is 1. The lowest BCUT2D eigenvalue weighted by Crippen LogP contribution is -2.41. The second-order valence-corrected chi connectivity index (χ2v) is 7.61. The Morgan fingerprint density at radius 1 is 1.32 bits per heavy atom. The van der Waals surface area contributed by atoms with Crippen molar-refractivity contribution in [3.63, 3.8) is 0 Å². The number of nitrogens with zero attached hydrogens (tertiary/aromatic N) is 3. The Bertz CT molecular complexity index is 819. The quantitative estimate of drug-likeness (QED) is 0.873. The SMILES string of the molecule is Cn1cc([C@H]2CNC[C@@H]2C(=O)N2CCc3c(ccc(Cl)c3Cl)C2)cn1. The molecule has 0 radical (unpaired) electrons. The van der Waals surface area contributed by atoms with Crippen LogP contribution < -0.4 is 5.32 Å². The van der Waals surface area contributed by atoms with Crippen LogP contribution in [0.3, 0.4) is 0 Å². The van der Waals surface area contributed by atoms with Crippen molar-refractivity contribution in [2.75, 3.05) is 19.6 Å². The predicted octanol–water partition coefficient (Wildman–Crippen LogP) is 2.61. The summed E-state index contributed by atoms with van der Waals surface area (Å²) in [5, 5.41) is 8.82. The van der Waals surface area contributed by atoms with Gasteiger partial charge in [0.25, 0.3) is 0 Å². The van der Waals surface area contributed by atoms with Crippen LogP contribution in [0.15, 0.2) is 24.5 Å². The van der Waals surface area contributed by atoms with E-state index >= 15 is 0 Å². The number of carbonyl (C=O) groups is 1. The number of hydrogen-bond donors (Lipinski definition) is 1. The van der Waals surface area contributed by atoms with Gasteiger partial charge in [0.05, 0.1) is 22.2 Å². The smallest absolute Gasteiger partial charge is 0.227 e. The lowest BCUT2D eigenvalue weighted by atomic mass is 9.89. The zero-order chi connectivity index (χ0) is 17.6. The molecule has 5 nitrogen and oxygen atoms in total. The third-order valence-corrected chi connectivity index (χ3v) is 6.13. The average molecular weight is 379 g/mol. The highest BCUT2D eigenvalue weighted by atomic mass is 35.5. The normalized spacial score (nSPS) is 22.9. The van der Waals surface area contributed by atoms with Crippen molar-refractivity contribution < 1.29 is 4.79 Å². The van der Waals surface area contributed by atoms with Crippen molar-refractivity contribution in [1.82, 2.24) is 20.0 Å². The molecule has 1 aromatic carbocycles. The van der Waals surface area contributed by atoms with Gasteiger partial charge >= 0.3 is 0 Å². The number of rotatable bonds is 2. The number of nitrogens with one attached hydrogen (secondary N) is 1. The van der Waals surface area contributed by atoms with Crippen LogP contribution >= 0.6 is 23.2 Å². The fourth-order valence-corrected chi connectivity index (χ4v) is 4.38. The highest BCUT2D eigenvalue weighted by Crippen LogP contribution is 2.34. The molecule has 2 aliphatic heterocycles. The van der Waals surface area contributed by atoms with Gasteiger partial charge in [-0.1, -0.05) is 29.3 Å². The average Bonchev–Trinajstić information content (AvgIpc) is 3.26. The molecular weight excluding hydrogens is 359 g/mol. The Labute approximate surface area is 156 Å². The largest absolute Gasteiger partial charge is 0.338 e. The van der Waals surface area contributed by atoms with Crippen LogP contribution in [-0.4, -0.2) is 40.2 Å². The predicted molar refractivity (Wildman–Crippen MR) is 97.9 cm³/mol. The Morgan fingerprint density at radius 2 is 2.16 bits per heavy atom. The van der Waals surface area contributed by atoms with E-state index in [0.29, 0.717) is 29.7 Å². The van der Waals surface area contributed by atoms with Crippen LogP contribution in [0.1, 0.15) is 22.6 Å². The van der Waals surface area contributed by atoms with Gasteiger partial charge in [0.15, 0.2) is 0 Å². The second-order valence-electron chi connectivity index (χ2n) is 6.83. The van der Waals surface area contributed by atoms with Crippen molar-refractivity contribution >= 4 is 29.1 Å². The van der Waals surface area contributed by atoms with Crippen LogP contribution in [0.2, 0.25) is 10.0 Å². The molecular formula is C18H20Cl2N4O. The number of hydrogen-bond acceptors (Lipinski definition) is 3. The van der Waals surface area contributed by atoms with Gasteiger partial charge in [0.2, 0.25) is 5.91 Å². The Balaban J connectivity index is 1.54. The molecule has 3 heterocycles. The van der Waals surface area contributed by atoms with Crippen LogP contribution in [0.25, 0.3) is 0 Å². The summed E-state index contributed by atoms with van der Waals surface area (Å²) >= 11 is 12.4. The maximum absolute atomic E-state index is 13.2. The molecule has 0 aliphatic carbocycles. The monoisotopic (exact) mass is 378 g/mol. The van der Waals surface area contributed by atoms with Crippen molar-refractivity contribution in [3.8, 4) is 0 Å². The molecule has 0 saturated carbocycles. The first-order chi connectivity index (χ1) is 12.0. The van der Waals surface area contributed by atoms with Gasteiger partial charge in [-0.15, -0.1) is 0 Å². The standard InChI is InChI=1S/C18H20Cl2N4O/c1-23-9-12(6-22-23)14-7-21-8-15(14)18(25)24-5-4-13-11(10-24)2-3-16(19)17(13)20/h2-3,6,9,14-15,21H,4-5,7-8,10H2,1H3/t14-,15+/m1/s1. The molecule has 4 rings (SSSR count). The molecule has 0 unspecified atom stereocenters. The summed E-state index contributed by atoms with van der Waals surface area (Å²) in [5.41, 5.74) is 3.29. The molecule has 1 amide bonds. The number of benzene rings is 1. The molecule has 7 heteroatoms. The maximum Gasteiger partial charge on any atom is 0.227 e. The first kappa shape index (κ1) is 16.9. The minimum Gasteiger partial charge on any atom is -0.338 e. The minimum atomic E-state index is -0.0477. The van der Waals surface area contributed by atoms with Gasteiger partial charge in [-0.2, -0.15) is 5.10 Å². The van der Waals surface area contributed by atoms with E-state index < -0.39 is 0 Å². The number of amides is 1. The Kier molecular flexibility index (Phi) is 4.48. The fraction of sp³-hybridized carbons (Fsp3) is 0.444. The molecule has 2 atom stereocenters. The lowest BCUT2D eigenvalue weighted by molar-refractivity contribution is -0.136. The van der Waals surface area contributed by atoms with Gasteiger partial charge in [0.1, 0.15) is 0 Å². The first-order valence-corrected chi connectivity index (χ1v) is 9.24. The van der Waals surface area contributed by atoms with Gasteiger partial charge in [-0.3, -0.25) is 9.48 Å². The van der Waals surface area contributed by atoms with E-state index in [1.807, 2.05) is 36.5 Å². The van der Waals surface area contributed by atoms with E-state index in [1.165, 1.54) is 0 Å². The Hall–Kier alpha value is -1.56. The molecule has 1 aromatic heterocycles. The topological polar surface area (TPSA) is 50.2 Å². The summed E-state index contributed by atoms with van der Waals surface area (Å²) in [6.45, 7) is 2.81. The van der Waals surface area contributed by atoms with E-state index in [0.717, 1.165) is 29.7 Å². The lowest BCUT2D eigenvalue weighted by Gasteiger charge is -2.32. The molecule has 25 heavy (non-hydrogen) atoms. The molecule has 1 fully saturated rings. The third-order valence-electron chi connectivity index (χ3n) is 5.28. The maximum atomic E-state index is 13.2. The third kappa shape index (κ3) is 3.05. The molecule has 0 spiro atoms. The van der Waals surface area contributed by atoms with Gasteiger partial charge < -0.3 is 10.2 Å². The molecule has 1 N–H and O–H groups in total. The van der Waals surface area contributed by atoms with Crippen LogP contribution in [-0.2, 0) is 24.8 Å². The van der Waals surface area contributed by atoms with Crippen LogP contribution in [0, 0.1) is 5.92 Å². The summed E-state index contributed by atoms with van der Waals surface area (Å²) in [7, 11) is 1.90. The van der Waals surface area contributed by atoms with Gasteiger partial charge in [-0.05, 0) is 29.2 Å². The summed E-state index contributed by atoms with van der Waals surface area (Å²) < 4.78 is 1.79. The summed E-state index contributed by atoms with van der Waals surface area (Å²) in [5.74, 6) is 0.334. The summed E-state index contributed by atoms with van der Waals surface area (Å²) in [6.07, 6.45) is 4.62. The van der Waals surface area contributed by atoms with Crippen LogP contribution in [0.5, 0.6) is 0 Å². The van der Waals surface area contributed by atoms with E-state index in [-0.39, 0.29) is 17.7 Å². The number of aromatic nitrogens is 2. The summed E-state index contributed by atoms with van der Waals surface area (Å²) in [4.78, 5) is 15.1. The Morgan fingerprint density at radius 3 is 2.92 bits per heavy atom. The molecule has 0 bridgehead atoms. The van der Waals surface area contributed by atoms with E-state index in [2.05, 4.69) is 10.4 Å². The highest BCUT2D eigenvalue weighted by molar-refractivity contribution is 6.42. The van der Waals surface area contributed by atoms with Crippen molar-refractivity contribution in [3.05, 3.63) is 51.3 Å². The number of aryl methyl sites for hydroxylation is 1. The highest BCUT2D eigenvalue weighted by Gasteiger charge is 2.38. The zero-order valence-electron chi connectivity index (χ0n) is 14.0. The van der Waals surface area contributed by atoms with Crippen LogP contribution in [0.4, 0.5) is 0 Å². The zero-order valence-corrected chi connectivity index (χ0v) is 15.5. The first-order valence-electron chi connectivity index (χ1n) is 8.48. The van der Waals surface area contributed by atoms with E-state index in [1.54, 1.807) is 4.68 Å². The second kappa shape index (κ2) is 6.63. The summed E-state index contributed by atoms with van der Waals surface area (Å²) in [6, 6.07) is 3.79. The fourth-order valence-electron chi connectivity index (χ4n) is 3.93. The number of fused-ring (bicyclic) bond motifs is 1. The molecule has 2 aromatic rings. The van der Waals surface area contributed by atoms with E-state index in [9.17, 15) is 4.79 Å². The minimum absolute atomic E-state index is 0.0477. The molecule has 2 aliphatic rings.